The molecule has 1 amide bonds. The van der Waals surface area contributed by atoms with E-state index in [0.29, 0.717) is 11.8 Å². The quantitative estimate of drug-likeness (QED) is 0.923. The van der Waals surface area contributed by atoms with Gasteiger partial charge in [0, 0.05) is 24.5 Å². The van der Waals surface area contributed by atoms with Crippen LogP contribution >= 0.6 is 0 Å². The Balaban J connectivity index is 1.79. The van der Waals surface area contributed by atoms with E-state index in [1.165, 1.54) is 0 Å². The molecule has 4 heteroatoms. The van der Waals surface area contributed by atoms with Gasteiger partial charge in [-0.05, 0) is 50.8 Å². The molecule has 0 bridgehead atoms. The van der Waals surface area contributed by atoms with Gasteiger partial charge in [0.25, 0.3) is 5.91 Å². The molecule has 0 radical (unpaired) electrons. The van der Waals surface area contributed by atoms with Crippen molar-refractivity contribution in [2.75, 3.05) is 7.05 Å². The molecule has 2 N–H and O–H groups in total. The lowest BCUT2D eigenvalue weighted by Gasteiger charge is -2.33. The van der Waals surface area contributed by atoms with Crippen LogP contribution in [0.5, 0.6) is 0 Å². The van der Waals surface area contributed by atoms with Crippen LogP contribution in [0.25, 0.3) is 11.0 Å². The summed E-state index contributed by atoms with van der Waals surface area (Å²) >= 11 is 0. The van der Waals surface area contributed by atoms with Crippen molar-refractivity contribution in [3.05, 3.63) is 35.6 Å². The summed E-state index contributed by atoms with van der Waals surface area (Å²) in [6, 6.07) is 8.35. The van der Waals surface area contributed by atoms with Crippen molar-refractivity contribution in [1.29, 1.82) is 0 Å². The van der Waals surface area contributed by atoms with Gasteiger partial charge in [-0.1, -0.05) is 11.6 Å². The Labute approximate surface area is 124 Å². The SMILES string of the molecule is Cc1ccc2oc(C(=O)N(C)C3CCC(N)CC3)cc2c1. The number of carbonyl (C=O) groups is 1. The minimum Gasteiger partial charge on any atom is -0.451 e. The van der Waals surface area contributed by atoms with E-state index in [1.54, 1.807) is 0 Å². The zero-order chi connectivity index (χ0) is 15.0. The Bertz CT molecular complexity index is 654. The molecule has 0 saturated heterocycles. The van der Waals surface area contributed by atoms with Gasteiger partial charge in [-0.3, -0.25) is 4.79 Å². The highest BCUT2D eigenvalue weighted by Gasteiger charge is 2.27. The molecule has 2 aromatic rings. The van der Waals surface area contributed by atoms with Gasteiger partial charge in [0.1, 0.15) is 5.58 Å². The van der Waals surface area contributed by atoms with Crippen molar-refractivity contribution in [2.24, 2.45) is 5.73 Å². The average molecular weight is 286 g/mol. The van der Waals surface area contributed by atoms with Crippen LogP contribution in [0.15, 0.2) is 28.7 Å². The third kappa shape index (κ3) is 2.81. The highest BCUT2D eigenvalue weighted by atomic mass is 16.3. The van der Waals surface area contributed by atoms with Crippen LogP contribution in [0.2, 0.25) is 0 Å². The van der Waals surface area contributed by atoms with Crippen molar-refractivity contribution in [1.82, 2.24) is 4.90 Å². The summed E-state index contributed by atoms with van der Waals surface area (Å²) in [6.07, 6.45) is 3.93. The zero-order valence-corrected chi connectivity index (χ0v) is 12.6. The molecule has 1 heterocycles. The highest BCUT2D eigenvalue weighted by Crippen LogP contribution is 2.25. The molecule has 1 aliphatic carbocycles. The summed E-state index contributed by atoms with van der Waals surface area (Å²) in [5.41, 5.74) is 7.86. The molecular formula is C17H22N2O2. The lowest BCUT2D eigenvalue weighted by atomic mass is 9.91. The Morgan fingerprint density at radius 1 is 1.24 bits per heavy atom. The van der Waals surface area contributed by atoms with Crippen molar-refractivity contribution < 1.29 is 9.21 Å². The largest absolute Gasteiger partial charge is 0.451 e. The van der Waals surface area contributed by atoms with Gasteiger partial charge >= 0.3 is 0 Å². The van der Waals surface area contributed by atoms with Crippen molar-refractivity contribution in [3.8, 4) is 0 Å². The first-order valence-electron chi connectivity index (χ1n) is 7.57. The summed E-state index contributed by atoms with van der Waals surface area (Å²) in [6.45, 7) is 2.03. The normalized spacial score (nSPS) is 22.4. The lowest BCUT2D eigenvalue weighted by Crippen LogP contribution is -2.41. The van der Waals surface area contributed by atoms with Crippen molar-refractivity contribution in [2.45, 2.75) is 44.7 Å². The first kappa shape index (κ1) is 14.1. The van der Waals surface area contributed by atoms with Gasteiger partial charge in [0.15, 0.2) is 5.76 Å². The second-order valence-electron chi connectivity index (χ2n) is 6.14. The third-order valence-electron chi connectivity index (χ3n) is 4.49. The lowest BCUT2D eigenvalue weighted by molar-refractivity contribution is 0.0660. The number of carbonyl (C=O) groups excluding carboxylic acids is 1. The summed E-state index contributed by atoms with van der Waals surface area (Å²) in [4.78, 5) is 14.4. The van der Waals surface area contributed by atoms with E-state index >= 15 is 0 Å². The molecule has 4 nitrogen and oxygen atoms in total. The monoisotopic (exact) mass is 286 g/mol. The van der Waals surface area contributed by atoms with E-state index in [1.807, 2.05) is 43.1 Å². The molecular weight excluding hydrogens is 264 g/mol. The first-order chi connectivity index (χ1) is 10.0. The molecule has 21 heavy (non-hydrogen) atoms. The molecule has 0 aliphatic heterocycles. The Kier molecular flexibility index (Phi) is 3.72. The Morgan fingerprint density at radius 2 is 1.95 bits per heavy atom. The predicted molar refractivity (Wildman–Crippen MR) is 83.3 cm³/mol. The predicted octanol–water partition coefficient (Wildman–Crippen LogP) is 3.08. The van der Waals surface area contributed by atoms with Gasteiger partial charge in [0.2, 0.25) is 0 Å². The van der Waals surface area contributed by atoms with Gasteiger partial charge in [-0.15, -0.1) is 0 Å². The van der Waals surface area contributed by atoms with Crippen LogP contribution in [0.1, 0.15) is 41.8 Å². The second kappa shape index (κ2) is 5.53. The van der Waals surface area contributed by atoms with Crippen LogP contribution in [0.4, 0.5) is 0 Å². The van der Waals surface area contributed by atoms with Gasteiger partial charge in [0.05, 0.1) is 0 Å². The van der Waals surface area contributed by atoms with Crippen LogP contribution in [0, 0.1) is 6.92 Å². The summed E-state index contributed by atoms with van der Waals surface area (Å²) in [5, 5.41) is 0.984. The molecule has 1 aliphatic rings. The number of benzene rings is 1. The molecule has 3 rings (SSSR count). The Hall–Kier alpha value is -1.81. The fraction of sp³-hybridized carbons (Fsp3) is 0.471. The maximum absolute atomic E-state index is 12.6. The van der Waals surface area contributed by atoms with Crippen molar-refractivity contribution in [3.63, 3.8) is 0 Å². The van der Waals surface area contributed by atoms with Crippen LogP contribution in [0.3, 0.4) is 0 Å². The zero-order valence-electron chi connectivity index (χ0n) is 12.6. The Morgan fingerprint density at radius 3 is 2.67 bits per heavy atom. The fourth-order valence-electron chi connectivity index (χ4n) is 3.10. The number of amides is 1. The fourth-order valence-corrected chi connectivity index (χ4v) is 3.10. The minimum atomic E-state index is -0.0377. The standard InChI is InChI=1S/C17H22N2O2/c1-11-3-8-15-12(9-11)10-16(21-15)17(20)19(2)14-6-4-13(18)5-7-14/h3,8-10,13-14H,4-7,18H2,1-2H3. The molecule has 1 fully saturated rings. The van der Waals surface area contributed by atoms with E-state index in [-0.39, 0.29) is 11.9 Å². The van der Waals surface area contributed by atoms with E-state index in [4.69, 9.17) is 10.2 Å². The molecule has 1 aromatic carbocycles. The number of hydrogen-bond acceptors (Lipinski definition) is 3. The van der Waals surface area contributed by atoms with Crippen LogP contribution < -0.4 is 5.73 Å². The number of nitrogens with two attached hydrogens (primary N) is 1. The van der Waals surface area contributed by atoms with Crippen LogP contribution in [-0.4, -0.2) is 29.9 Å². The number of furan rings is 1. The molecule has 112 valence electrons. The van der Waals surface area contributed by atoms with Gasteiger partial charge in [-0.25, -0.2) is 0 Å². The number of nitrogens with zero attached hydrogens (tertiary/aromatic N) is 1. The van der Waals surface area contributed by atoms with Crippen molar-refractivity contribution >= 4 is 16.9 Å². The minimum absolute atomic E-state index is 0.0377. The molecule has 1 aromatic heterocycles. The van der Waals surface area contributed by atoms with E-state index in [2.05, 4.69) is 0 Å². The van der Waals surface area contributed by atoms with E-state index in [9.17, 15) is 4.79 Å². The van der Waals surface area contributed by atoms with E-state index < -0.39 is 0 Å². The number of rotatable bonds is 2. The topological polar surface area (TPSA) is 59.5 Å². The van der Waals surface area contributed by atoms with Crippen LogP contribution in [-0.2, 0) is 0 Å². The number of aryl methyl sites for hydroxylation is 1. The molecule has 1 saturated carbocycles. The summed E-state index contributed by atoms with van der Waals surface area (Å²) in [7, 11) is 1.86. The number of fused-ring (bicyclic) bond motifs is 1. The van der Waals surface area contributed by atoms with Gasteiger partial charge in [-0.2, -0.15) is 0 Å². The van der Waals surface area contributed by atoms with E-state index in [0.717, 1.165) is 42.2 Å². The summed E-state index contributed by atoms with van der Waals surface area (Å²) in [5.74, 6) is 0.386. The van der Waals surface area contributed by atoms with Gasteiger partial charge < -0.3 is 15.1 Å². The maximum Gasteiger partial charge on any atom is 0.289 e. The first-order valence-corrected chi connectivity index (χ1v) is 7.57. The average Bonchev–Trinajstić information content (AvgIpc) is 2.89. The second-order valence-corrected chi connectivity index (χ2v) is 6.14. The third-order valence-corrected chi connectivity index (χ3v) is 4.49. The maximum atomic E-state index is 12.6. The summed E-state index contributed by atoms with van der Waals surface area (Å²) < 4.78 is 5.70. The molecule has 0 spiro atoms. The highest BCUT2D eigenvalue weighted by molar-refractivity contribution is 5.96. The molecule has 0 unspecified atom stereocenters. The smallest absolute Gasteiger partial charge is 0.289 e. The molecule has 0 atom stereocenters. The number of hydrogen-bond donors (Lipinski definition) is 1.